The second-order valence-electron chi connectivity index (χ2n) is 6.87. The number of methoxy groups -OCH3 is 1. The summed E-state index contributed by atoms with van der Waals surface area (Å²) in [6.07, 6.45) is 2.33. The van der Waals surface area contributed by atoms with Crippen LogP contribution in [0.25, 0.3) is 0 Å². The van der Waals surface area contributed by atoms with Gasteiger partial charge in [0.2, 0.25) is 11.8 Å². The molecule has 4 unspecified atom stereocenters. The predicted octanol–water partition coefficient (Wildman–Crippen LogP) is 0.972. The number of ether oxygens (including phenoxy) is 1. The van der Waals surface area contributed by atoms with Gasteiger partial charge in [0.1, 0.15) is 6.04 Å². The van der Waals surface area contributed by atoms with E-state index in [1.807, 2.05) is 13.8 Å². The van der Waals surface area contributed by atoms with Gasteiger partial charge in [0.15, 0.2) is 0 Å². The number of hydrogen-bond acceptors (Lipinski definition) is 4. The summed E-state index contributed by atoms with van der Waals surface area (Å²) in [5.74, 6) is -1.43. The van der Waals surface area contributed by atoms with Crippen molar-refractivity contribution in [2.75, 3.05) is 26.7 Å². The van der Waals surface area contributed by atoms with E-state index in [0.717, 1.165) is 12.8 Å². The van der Waals surface area contributed by atoms with Crippen LogP contribution in [0.4, 0.5) is 0 Å². The maximum absolute atomic E-state index is 12.9. The van der Waals surface area contributed by atoms with Crippen molar-refractivity contribution in [2.24, 2.45) is 11.8 Å². The number of carboxylic acid groups (broad SMARTS) is 1. The van der Waals surface area contributed by atoms with E-state index in [1.165, 1.54) is 12.0 Å². The molecule has 7 heteroatoms. The number of likely N-dealkylation sites (tertiary alicyclic amines) is 2. The van der Waals surface area contributed by atoms with Crippen molar-refractivity contribution in [1.29, 1.82) is 0 Å². The van der Waals surface area contributed by atoms with Crippen molar-refractivity contribution in [2.45, 2.75) is 51.7 Å². The SMILES string of the molecule is CCC(C)C(=O)N1CCCC(C(=O)N2CC(OC)CC2C(=O)O)C1. The van der Waals surface area contributed by atoms with Crippen molar-refractivity contribution in [3.8, 4) is 0 Å². The third kappa shape index (κ3) is 3.88. The van der Waals surface area contributed by atoms with Gasteiger partial charge >= 0.3 is 5.97 Å². The van der Waals surface area contributed by atoms with E-state index in [2.05, 4.69) is 0 Å². The number of hydrogen-bond donors (Lipinski definition) is 1. The van der Waals surface area contributed by atoms with Crippen LogP contribution in [0.5, 0.6) is 0 Å². The van der Waals surface area contributed by atoms with E-state index >= 15 is 0 Å². The van der Waals surface area contributed by atoms with Gasteiger partial charge in [-0.3, -0.25) is 9.59 Å². The quantitative estimate of drug-likeness (QED) is 0.806. The van der Waals surface area contributed by atoms with Gasteiger partial charge in [0, 0.05) is 39.1 Å². The molecule has 0 bridgehead atoms. The highest BCUT2D eigenvalue weighted by atomic mass is 16.5. The first-order valence-electron chi connectivity index (χ1n) is 8.73. The second-order valence-corrected chi connectivity index (χ2v) is 6.87. The summed E-state index contributed by atoms with van der Waals surface area (Å²) in [7, 11) is 1.53. The highest BCUT2D eigenvalue weighted by Crippen LogP contribution is 2.27. The molecule has 2 heterocycles. The van der Waals surface area contributed by atoms with Gasteiger partial charge in [-0.25, -0.2) is 4.79 Å². The van der Waals surface area contributed by atoms with Crippen LogP contribution in [0.1, 0.15) is 39.5 Å². The number of amides is 2. The summed E-state index contributed by atoms with van der Waals surface area (Å²) in [6.45, 7) is 5.25. The van der Waals surface area contributed by atoms with Crippen LogP contribution in [-0.2, 0) is 19.1 Å². The van der Waals surface area contributed by atoms with Crippen LogP contribution in [0.15, 0.2) is 0 Å². The lowest BCUT2D eigenvalue weighted by Crippen LogP contribution is -2.50. The summed E-state index contributed by atoms with van der Waals surface area (Å²) in [6, 6.07) is -0.830. The lowest BCUT2D eigenvalue weighted by atomic mass is 9.94. The van der Waals surface area contributed by atoms with Crippen molar-refractivity contribution >= 4 is 17.8 Å². The van der Waals surface area contributed by atoms with E-state index < -0.39 is 12.0 Å². The zero-order valence-electron chi connectivity index (χ0n) is 14.7. The average Bonchev–Trinajstić information content (AvgIpc) is 3.04. The Bertz CT molecular complexity index is 495. The summed E-state index contributed by atoms with van der Waals surface area (Å²) in [5, 5.41) is 9.38. The molecule has 0 aromatic rings. The lowest BCUT2D eigenvalue weighted by molar-refractivity contribution is -0.152. The second kappa shape index (κ2) is 7.96. The molecular formula is C17H28N2O5. The van der Waals surface area contributed by atoms with E-state index in [9.17, 15) is 19.5 Å². The van der Waals surface area contributed by atoms with Crippen LogP contribution in [0, 0.1) is 11.8 Å². The van der Waals surface area contributed by atoms with Crippen LogP contribution in [-0.4, -0.2) is 71.6 Å². The zero-order chi connectivity index (χ0) is 17.9. The molecule has 0 spiro atoms. The Morgan fingerprint density at radius 2 is 2.00 bits per heavy atom. The predicted molar refractivity (Wildman–Crippen MR) is 87.3 cm³/mol. The molecule has 0 saturated carbocycles. The minimum absolute atomic E-state index is 0.0460. The fourth-order valence-electron chi connectivity index (χ4n) is 3.55. The molecule has 24 heavy (non-hydrogen) atoms. The molecule has 1 N–H and O–H groups in total. The minimum atomic E-state index is -0.994. The highest BCUT2D eigenvalue weighted by Gasteiger charge is 2.43. The number of carboxylic acids is 1. The number of carbonyl (C=O) groups is 3. The normalized spacial score (nSPS) is 28.7. The molecule has 4 atom stereocenters. The van der Waals surface area contributed by atoms with Gasteiger partial charge in [-0.1, -0.05) is 13.8 Å². The number of carbonyl (C=O) groups excluding carboxylic acids is 2. The standard InChI is InChI=1S/C17H28N2O5/c1-4-11(2)15(20)18-7-5-6-12(9-18)16(21)19-10-13(24-3)8-14(19)17(22)23/h11-14H,4-10H2,1-3H3,(H,22,23). The largest absolute Gasteiger partial charge is 0.480 e. The molecule has 0 aromatic carbocycles. The summed E-state index contributed by atoms with van der Waals surface area (Å²) < 4.78 is 5.24. The van der Waals surface area contributed by atoms with Crippen LogP contribution in [0.2, 0.25) is 0 Å². The van der Waals surface area contributed by atoms with Crippen molar-refractivity contribution in [3.63, 3.8) is 0 Å². The fraction of sp³-hybridized carbons (Fsp3) is 0.824. The first kappa shape index (κ1) is 18.7. The lowest BCUT2D eigenvalue weighted by Gasteiger charge is -2.36. The third-order valence-electron chi connectivity index (χ3n) is 5.28. The van der Waals surface area contributed by atoms with Gasteiger partial charge < -0.3 is 19.6 Å². The Morgan fingerprint density at radius 3 is 2.58 bits per heavy atom. The van der Waals surface area contributed by atoms with Crippen LogP contribution in [0.3, 0.4) is 0 Å². The number of nitrogens with zero attached hydrogens (tertiary/aromatic N) is 2. The van der Waals surface area contributed by atoms with E-state index in [1.54, 1.807) is 4.90 Å². The number of aliphatic carboxylic acids is 1. The molecule has 2 amide bonds. The maximum Gasteiger partial charge on any atom is 0.326 e. The molecule has 0 aromatic heterocycles. The van der Waals surface area contributed by atoms with Crippen molar-refractivity contribution < 1.29 is 24.2 Å². The minimum Gasteiger partial charge on any atom is -0.480 e. The molecule has 0 radical (unpaired) electrons. The molecule has 2 rings (SSSR count). The van der Waals surface area contributed by atoms with E-state index in [-0.39, 0.29) is 29.8 Å². The van der Waals surface area contributed by atoms with Gasteiger partial charge in [0.25, 0.3) is 0 Å². The van der Waals surface area contributed by atoms with Gasteiger partial charge in [-0.05, 0) is 19.3 Å². The van der Waals surface area contributed by atoms with Gasteiger partial charge in [0.05, 0.1) is 12.0 Å². The molecular weight excluding hydrogens is 312 g/mol. The van der Waals surface area contributed by atoms with Gasteiger partial charge in [-0.15, -0.1) is 0 Å². The molecule has 0 aliphatic carbocycles. The Morgan fingerprint density at radius 1 is 1.29 bits per heavy atom. The number of rotatable bonds is 5. The Kier molecular flexibility index (Phi) is 6.21. The molecule has 2 fully saturated rings. The van der Waals surface area contributed by atoms with Crippen LogP contribution >= 0.6 is 0 Å². The van der Waals surface area contributed by atoms with Crippen molar-refractivity contribution in [1.82, 2.24) is 9.80 Å². The van der Waals surface area contributed by atoms with Crippen molar-refractivity contribution in [3.05, 3.63) is 0 Å². The average molecular weight is 340 g/mol. The molecule has 2 aliphatic heterocycles. The van der Waals surface area contributed by atoms with Crippen LogP contribution < -0.4 is 0 Å². The third-order valence-corrected chi connectivity index (χ3v) is 5.28. The fourth-order valence-corrected chi connectivity index (χ4v) is 3.55. The molecule has 7 nitrogen and oxygen atoms in total. The summed E-state index contributed by atoms with van der Waals surface area (Å²) in [5.41, 5.74) is 0. The topological polar surface area (TPSA) is 87.2 Å². The molecule has 2 saturated heterocycles. The summed E-state index contributed by atoms with van der Waals surface area (Å²) in [4.78, 5) is 39.9. The van der Waals surface area contributed by atoms with Gasteiger partial charge in [-0.2, -0.15) is 0 Å². The first-order valence-corrected chi connectivity index (χ1v) is 8.73. The Hall–Kier alpha value is -1.63. The van der Waals surface area contributed by atoms with E-state index in [0.29, 0.717) is 32.5 Å². The van der Waals surface area contributed by atoms with E-state index in [4.69, 9.17) is 4.74 Å². The Balaban J connectivity index is 2.05. The zero-order valence-corrected chi connectivity index (χ0v) is 14.7. The molecule has 136 valence electrons. The Labute approximate surface area is 142 Å². The first-order chi connectivity index (χ1) is 11.4. The highest BCUT2D eigenvalue weighted by molar-refractivity contribution is 5.87. The number of piperidine rings is 1. The smallest absolute Gasteiger partial charge is 0.326 e. The monoisotopic (exact) mass is 340 g/mol. The summed E-state index contributed by atoms with van der Waals surface area (Å²) >= 11 is 0. The maximum atomic E-state index is 12.9. The molecule has 2 aliphatic rings.